The third-order valence-electron chi connectivity index (χ3n) is 3.23. The molecule has 23 heavy (non-hydrogen) atoms. The molecule has 0 unspecified atom stereocenters. The molecule has 0 aromatic heterocycles. The highest BCUT2D eigenvalue weighted by molar-refractivity contribution is 7.89. The highest BCUT2D eigenvalue weighted by atomic mass is 32.2. The number of likely N-dealkylation sites (N-methyl/N-ethyl adjacent to an activating group) is 1. The van der Waals surface area contributed by atoms with E-state index in [1.165, 1.54) is 17.2 Å². The second kappa shape index (κ2) is 7.36. The minimum atomic E-state index is -3.72. The van der Waals surface area contributed by atoms with E-state index >= 15 is 0 Å². The Kier molecular flexibility index (Phi) is 5.49. The minimum Gasteiger partial charge on any atom is -0.272 e. The Balaban J connectivity index is 1.90. The van der Waals surface area contributed by atoms with Crippen LogP contribution in [0.2, 0.25) is 0 Å². The van der Waals surface area contributed by atoms with Gasteiger partial charge in [0.25, 0.3) is 0 Å². The lowest BCUT2D eigenvalue weighted by Crippen LogP contribution is -2.28. The number of nitrogens with zero attached hydrogens (tertiary/aromatic N) is 1. The molecule has 0 heterocycles. The van der Waals surface area contributed by atoms with Gasteiger partial charge in [0.15, 0.2) is 0 Å². The highest BCUT2D eigenvalue weighted by Gasteiger charge is 2.12. The van der Waals surface area contributed by atoms with Crippen molar-refractivity contribution in [2.45, 2.75) is 17.9 Å². The van der Waals surface area contributed by atoms with Crippen LogP contribution in [0.15, 0.2) is 59.5 Å². The fourth-order valence-electron chi connectivity index (χ4n) is 1.90. The average molecular weight is 334 g/mol. The number of carbonyl (C=O) groups is 1. The van der Waals surface area contributed by atoms with Crippen molar-refractivity contribution in [1.82, 2.24) is 5.06 Å². The first-order valence-electron chi connectivity index (χ1n) is 6.91. The van der Waals surface area contributed by atoms with Crippen molar-refractivity contribution in [2.24, 2.45) is 5.14 Å². The maximum absolute atomic E-state index is 12.1. The molecule has 0 aliphatic carbocycles. The summed E-state index contributed by atoms with van der Waals surface area (Å²) in [5, 5.41) is 6.21. The van der Waals surface area contributed by atoms with E-state index in [-0.39, 0.29) is 17.2 Å². The number of benzene rings is 2. The molecule has 0 spiro atoms. The lowest BCUT2D eigenvalue weighted by Gasteiger charge is -2.17. The molecule has 0 saturated heterocycles. The summed E-state index contributed by atoms with van der Waals surface area (Å²) in [5.74, 6) is -0.232. The predicted molar refractivity (Wildman–Crippen MR) is 85.5 cm³/mol. The largest absolute Gasteiger partial charge is 0.272 e. The minimum absolute atomic E-state index is 0.0161. The van der Waals surface area contributed by atoms with Crippen molar-refractivity contribution in [1.29, 1.82) is 0 Å². The van der Waals surface area contributed by atoms with Gasteiger partial charge >= 0.3 is 0 Å². The van der Waals surface area contributed by atoms with Crippen LogP contribution in [0.4, 0.5) is 0 Å². The first kappa shape index (κ1) is 17.1. The Morgan fingerprint density at radius 1 is 1.04 bits per heavy atom. The third-order valence-corrected chi connectivity index (χ3v) is 4.16. The van der Waals surface area contributed by atoms with E-state index in [0.29, 0.717) is 12.2 Å². The molecule has 2 N–H and O–H groups in total. The number of carbonyl (C=O) groups excluding carboxylic acids is 1. The molecule has 2 aromatic rings. The zero-order valence-electron chi connectivity index (χ0n) is 12.7. The van der Waals surface area contributed by atoms with Gasteiger partial charge in [-0.25, -0.2) is 18.6 Å². The number of hydroxylamine groups is 2. The van der Waals surface area contributed by atoms with Gasteiger partial charge in [-0.3, -0.25) is 9.63 Å². The molecule has 0 saturated carbocycles. The Labute approximate surface area is 135 Å². The summed E-state index contributed by atoms with van der Waals surface area (Å²) in [6, 6.07) is 15.4. The number of nitrogens with two attached hydrogens (primary N) is 1. The lowest BCUT2D eigenvalue weighted by atomic mass is 10.1. The van der Waals surface area contributed by atoms with Gasteiger partial charge in [-0.1, -0.05) is 42.5 Å². The van der Waals surface area contributed by atoms with E-state index in [1.54, 1.807) is 19.2 Å². The predicted octanol–water partition coefficient (Wildman–Crippen LogP) is 1.47. The molecule has 2 aromatic carbocycles. The molecule has 0 bridgehead atoms. The summed E-state index contributed by atoms with van der Waals surface area (Å²) in [5.41, 5.74) is 1.64. The topological polar surface area (TPSA) is 89.7 Å². The maximum Gasteiger partial charge on any atom is 0.250 e. The molecule has 7 heteroatoms. The van der Waals surface area contributed by atoms with Gasteiger partial charge < -0.3 is 0 Å². The number of hydrogen-bond acceptors (Lipinski definition) is 4. The average Bonchev–Trinajstić information content (AvgIpc) is 2.53. The molecule has 6 nitrogen and oxygen atoms in total. The summed E-state index contributed by atoms with van der Waals surface area (Å²) in [6.45, 7) is 0.299. The maximum atomic E-state index is 12.1. The van der Waals surface area contributed by atoms with Gasteiger partial charge in [0.2, 0.25) is 15.9 Å². The Morgan fingerprint density at radius 2 is 1.65 bits per heavy atom. The van der Waals surface area contributed by atoms with Crippen LogP contribution in [-0.2, 0) is 32.7 Å². The summed E-state index contributed by atoms with van der Waals surface area (Å²) >= 11 is 0. The van der Waals surface area contributed by atoms with Crippen LogP contribution in [0.5, 0.6) is 0 Å². The number of primary sulfonamides is 1. The van der Waals surface area contributed by atoms with E-state index in [9.17, 15) is 13.2 Å². The molecule has 1 amide bonds. The van der Waals surface area contributed by atoms with E-state index < -0.39 is 10.0 Å². The van der Waals surface area contributed by atoms with Gasteiger partial charge in [-0.15, -0.1) is 0 Å². The monoisotopic (exact) mass is 334 g/mol. The smallest absolute Gasteiger partial charge is 0.250 e. The highest BCUT2D eigenvalue weighted by Crippen LogP contribution is 2.10. The summed E-state index contributed by atoms with van der Waals surface area (Å²) in [6.07, 6.45) is 0.107. The lowest BCUT2D eigenvalue weighted by molar-refractivity contribution is -0.181. The van der Waals surface area contributed by atoms with Crippen LogP contribution >= 0.6 is 0 Å². The van der Waals surface area contributed by atoms with Crippen molar-refractivity contribution in [3.63, 3.8) is 0 Å². The third kappa shape index (κ3) is 5.17. The molecular formula is C16H18N2O4S. The molecule has 0 aliphatic heterocycles. The number of rotatable bonds is 6. The summed E-state index contributed by atoms with van der Waals surface area (Å²) in [4.78, 5) is 17.5. The Morgan fingerprint density at radius 3 is 2.22 bits per heavy atom. The quantitative estimate of drug-likeness (QED) is 0.810. The fourth-order valence-corrected chi connectivity index (χ4v) is 2.42. The van der Waals surface area contributed by atoms with Crippen molar-refractivity contribution in [3.05, 3.63) is 65.7 Å². The molecular weight excluding hydrogens is 316 g/mol. The van der Waals surface area contributed by atoms with Gasteiger partial charge in [0.1, 0.15) is 6.61 Å². The van der Waals surface area contributed by atoms with Gasteiger partial charge in [-0.2, -0.15) is 0 Å². The number of amides is 1. The van der Waals surface area contributed by atoms with Gasteiger partial charge in [-0.05, 0) is 23.3 Å². The van der Waals surface area contributed by atoms with Crippen LogP contribution in [-0.4, -0.2) is 26.4 Å². The van der Waals surface area contributed by atoms with Crippen LogP contribution in [0.1, 0.15) is 11.1 Å². The fraction of sp³-hybridized carbons (Fsp3) is 0.188. The normalized spacial score (nSPS) is 11.2. The second-order valence-electron chi connectivity index (χ2n) is 5.02. The zero-order valence-corrected chi connectivity index (χ0v) is 13.5. The Hall–Kier alpha value is -2.22. The van der Waals surface area contributed by atoms with E-state index in [2.05, 4.69) is 0 Å². The van der Waals surface area contributed by atoms with Crippen molar-refractivity contribution in [3.8, 4) is 0 Å². The second-order valence-corrected chi connectivity index (χ2v) is 6.58. The van der Waals surface area contributed by atoms with E-state index in [0.717, 1.165) is 5.56 Å². The standard InChI is InChI=1S/C16H18N2O4S/c1-18(22-12-14-5-3-2-4-6-14)16(19)11-13-7-9-15(10-8-13)23(17,20)21/h2-10H,11-12H2,1H3,(H2,17,20,21). The number of sulfonamides is 1. The van der Waals surface area contributed by atoms with Gasteiger partial charge in [0, 0.05) is 7.05 Å². The van der Waals surface area contributed by atoms with Crippen LogP contribution in [0.25, 0.3) is 0 Å². The van der Waals surface area contributed by atoms with Crippen LogP contribution < -0.4 is 5.14 Å². The molecule has 2 rings (SSSR count). The molecule has 0 atom stereocenters. The van der Waals surface area contributed by atoms with E-state index in [4.69, 9.17) is 9.98 Å². The number of hydrogen-bond donors (Lipinski definition) is 1. The summed E-state index contributed by atoms with van der Waals surface area (Å²) < 4.78 is 22.4. The first-order chi connectivity index (χ1) is 10.9. The van der Waals surface area contributed by atoms with Crippen molar-refractivity contribution >= 4 is 15.9 Å². The van der Waals surface area contributed by atoms with Crippen LogP contribution in [0.3, 0.4) is 0 Å². The molecule has 0 fully saturated rings. The van der Waals surface area contributed by atoms with E-state index in [1.807, 2.05) is 30.3 Å². The Bertz CT molecular complexity index is 758. The van der Waals surface area contributed by atoms with Crippen molar-refractivity contribution < 1.29 is 18.0 Å². The molecule has 122 valence electrons. The van der Waals surface area contributed by atoms with Crippen molar-refractivity contribution in [2.75, 3.05) is 7.05 Å². The SMILES string of the molecule is CN(OCc1ccccc1)C(=O)Cc1ccc(S(N)(=O)=O)cc1. The molecule has 0 radical (unpaired) electrons. The zero-order chi connectivity index (χ0) is 16.9. The first-order valence-corrected chi connectivity index (χ1v) is 8.46. The van der Waals surface area contributed by atoms with Crippen LogP contribution in [0, 0.1) is 0 Å². The summed E-state index contributed by atoms with van der Waals surface area (Å²) in [7, 11) is -2.18. The van der Waals surface area contributed by atoms with Gasteiger partial charge in [0.05, 0.1) is 11.3 Å². The molecule has 0 aliphatic rings.